The van der Waals surface area contributed by atoms with E-state index in [4.69, 9.17) is 14.7 Å². The summed E-state index contributed by atoms with van der Waals surface area (Å²) in [6.45, 7) is 0. The van der Waals surface area contributed by atoms with E-state index >= 15 is 0 Å². The first-order valence-electron chi connectivity index (χ1n) is 5.19. The molecule has 0 saturated carbocycles. The highest BCUT2D eigenvalue weighted by atomic mass is 79.9. The van der Waals surface area contributed by atoms with Crippen molar-refractivity contribution >= 4 is 28.0 Å². The number of methoxy groups -OCH3 is 3. The molecule has 0 fully saturated rings. The third kappa shape index (κ3) is 3.48. The predicted octanol–water partition coefficient (Wildman–Crippen LogP) is 2.55. The van der Waals surface area contributed by atoms with Crippen molar-refractivity contribution in [1.82, 2.24) is 0 Å². The Morgan fingerprint density at radius 3 is 2.37 bits per heavy atom. The van der Waals surface area contributed by atoms with Gasteiger partial charge in [0.05, 0.1) is 25.8 Å². The Bertz CT molecular complexity index is 560. The summed E-state index contributed by atoms with van der Waals surface area (Å²) >= 11 is 3.33. The molecule has 0 bridgehead atoms. The molecule has 0 radical (unpaired) electrons. The number of esters is 1. The molecular formula is C13H12BrNO4. The van der Waals surface area contributed by atoms with Gasteiger partial charge in [0.1, 0.15) is 23.1 Å². The van der Waals surface area contributed by atoms with Crippen molar-refractivity contribution in [3.05, 3.63) is 27.7 Å². The zero-order valence-electron chi connectivity index (χ0n) is 10.7. The Morgan fingerprint density at radius 1 is 1.26 bits per heavy atom. The third-order valence-electron chi connectivity index (χ3n) is 2.33. The summed E-state index contributed by atoms with van der Waals surface area (Å²) in [5.41, 5.74) is 0.454. The van der Waals surface area contributed by atoms with Gasteiger partial charge in [-0.1, -0.05) is 0 Å². The molecule has 0 atom stereocenters. The summed E-state index contributed by atoms with van der Waals surface area (Å²) in [5.74, 6) is 0.374. The summed E-state index contributed by atoms with van der Waals surface area (Å²) in [4.78, 5) is 11.4. The highest BCUT2D eigenvalue weighted by Crippen LogP contribution is 2.34. The lowest BCUT2D eigenvalue weighted by Crippen LogP contribution is -2.03. The topological polar surface area (TPSA) is 68.6 Å². The molecule has 0 heterocycles. The molecule has 0 amide bonds. The van der Waals surface area contributed by atoms with Crippen LogP contribution < -0.4 is 9.47 Å². The molecule has 100 valence electrons. The van der Waals surface area contributed by atoms with Crippen LogP contribution in [0.4, 0.5) is 0 Å². The molecule has 19 heavy (non-hydrogen) atoms. The number of benzene rings is 1. The second-order valence-electron chi connectivity index (χ2n) is 3.39. The average molecular weight is 326 g/mol. The fourth-order valence-corrected chi connectivity index (χ4v) is 1.92. The molecule has 0 aliphatic carbocycles. The van der Waals surface area contributed by atoms with Gasteiger partial charge >= 0.3 is 5.97 Å². The van der Waals surface area contributed by atoms with Crippen LogP contribution in [0.3, 0.4) is 0 Å². The number of hydrogen-bond donors (Lipinski definition) is 0. The molecule has 1 aromatic carbocycles. The largest absolute Gasteiger partial charge is 0.496 e. The molecule has 1 aromatic rings. The van der Waals surface area contributed by atoms with E-state index in [0.717, 1.165) is 0 Å². The first kappa shape index (κ1) is 15.1. The first-order valence-corrected chi connectivity index (χ1v) is 5.98. The van der Waals surface area contributed by atoms with Gasteiger partial charge in [-0.25, -0.2) is 4.79 Å². The van der Waals surface area contributed by atoms with Gasteiger partial charge in [0.15, 0.2) is 0 Å². The number of hydrogen-bond acceptors (Lipinski definition) is 5. The van der Waals surface area contributed by atoms with Gasteiger partial charge in [-0.2, -0.15) is 5.26 Å². The van der Waals surface area contributed by atoms with Crippen LogP contribution in [0.5, 0.6) is 11.5 Å². The standard InChI is InChI=1S/C13H12BrNO4/c1-17-11-6-12(18-2)10(14)5-8(11)4-9(7-15)13(16)19-3/h4-6H,1-3H3/b9-4+. The average Bonchev–Trinajstić information content (AvgIpc) is 2.44. The molecule has 5 nitrogen and oxygen atoms in total. The number of halogens is 1. The summed E-state index contributed by atoms with van der Waals surface area (Å²) in [7, 11) is 4.24. The van der Waals surface area contributed by atoms with Crippen LogP contribution in [0, 0.1) is 11.3 Å². The number of nitriles is 1. The summed E-state index contributed by atoms with van der Waals surface area (Å²) < 4.78 is 15.5. The Balaban J connectivity index is 3.34. The Labute approximate surface area is 119 Å². The quantitative estimate of drug-likeness (QED) is 0.483. The van der Waals surface area contributed by atoms with Gasteiger partial charge < -0.3 is 14.2 Å². The minimum absolute atomic E-state index is 0.113. The van der Waals surface area contributed by atoms with Crippen molar-refractivity contribution in [2.45, 2.75) is 0 Å². The second kappa shape index (κ2) is 6.81. The van der Waals surface area contributed by atoms with E-state index in [1.807, 2.05) is 0 Å². The first-order chi connectivity index (χ1) is 9.07. The fraction of sp³-hybridized carbons (Fsp3) is 0.231. The van der Waals surface area contributed by atoms with Crippen LogP contribution in [0.25, 0.3) is 6.08 Å². The van der Waals surface area contributed by atoms with Gasteiger partial charge in [-0.3, -0.25) is 0 Å². The Hall–Kier alpha value is -2.00. The van der Waals surface area contributed by atoms with Crippen molar-refractivity contribution in [2.24, 2.45) is 0 Å². The molecule has 6 heteroatoms. The molecule has 0 aliphatic heterocycles. The molecule has 0 spiro atoms. The van der Waals surface area contributed by atoms with Gasteiger partial charge in [-0.05, 0) is 28.1 Å². The molecule has 0 N–H and O–H groups in total. The fourth-order valence-electron chi connectivity index (χ4n) is 1.40. The molecule has 1 rings (SSSR count). The molecule has 0 unspecified atom stereocenters. The van der Waals surface area contributed by atoms with Gasteiger partial charge in [0.2, 0.25) is 0 Å². The summed E-state index contributed by atoms with van der Waals surface area (Å²) in [6.07, 6.45) is 1.40. The maximum atomic E-state index is 11.4. The van der Waals surface area contributed by atoms with E-state index in [9.17, 15) is 4.79 Å². The third-order valence-corrected chi connectivity index (χ3v) is 2.95. The van der Waals surface area contributed by atoms with Gasteiger partial charge in [-0.15, -0.1) is 0 Å². The van der Waals surface area contributed by atoms with E-state index in [1.165, 1.54) is 27.4 Å². The molecule has 0 saturated heterocycles. The van der Waals surface area contributed by atoms with E-state index in [2.05, 4.69) is 20.7 Å². The zero-order valence-corrected chi connectivity index (χ0v) is 12.3. The number of nitrogens with zero attached hydrogens (tertiary/aromatic N) is 1. The van der Waals surface area contributed by atoms with E-state index in [0.29, 0.717) is 21.5 Å². The lowest BCUT2D eigenvalue weighted by molar-refractivity contribution is -0.135. The minimum Gasteiger partial charge on any atom is -0.496 e. The highest BCUT2D eigenvalue weighted by Gasteiger charge is 2.13. The molecular weight excluding hydrogens is 314 g/mol. The van der Waals surface area contributed by atoms with Gasteiger partial charge in [0.25, 0.3) is 0 Å². The normalized spacial score (nSPS) is 10.6. The van der Waals surface area contributed by atoms with E-state index in [1.54, 1.807) is 18.2 Å². The predicted molar refractivity (Wildman–Crippen MR) is 72.9 cm³/mol. The molecule has 0 aliphatic rings. The van der Waals surface area contributed by atoms with Crippen LogP contribution >= 0.6 is 15.9 Å². The Morgan fingerprint density at radius 2 is 1.89 bits per heavy atom. The van der Waals surface area contributed by atoms with Crippen molar-refractivity contribution in [2.75, 3.05) is 21.3 Å². The lowest BCUT2D eigenvalue weighted by Gasteiger charge is -2.10. The highest BCUT2D eigenvalue weighted by molar-refractivity contribution is 9.10. The van der Waals surface area contributed by atoms with Gasteiger partial charge in [0, 0.05) is 11.6 Å². The number of carbonyl (C=O) groups is 1. The number of carbonyl (C=O) groups excluding carboxylic acids is 1. The minimum atomic E-state index is -0.698. The van der Waals surface area contributed by atoms with Crippen molar-refractivity contribution < 1.29 is 19.0 Å². The SMILES string of the molecule is COC(=O)/C(C#N)=C/c1cc(Br)c(OC)cc1OC. The van der Waals surface area contributed by atoms with Crippen LogP contribution in [0.2, 0.25) is 0 Å². The van der Waals surface area contributed by atoms with E-state index in [-0.39, 0.29) is 5.57 Å². The molecule has 0 aromatic heterocycles. The second-order valence-corrected chi connectivity index (χ2v) is 4.24. The summed E-state index contributed by atoms with van der Waals surface area (Å²) in [5, 5.41) is 8.93. The zero-order chi connectivity index (χ0) is 14.4. The number of ether oxygens (including phenoxy) is 3. The maximum Gasteiger partial charge on any atom is 0.348 e. The van der Waals surface area contributed by atoms with Crippen molar-refractivity contribution in [1.29, 1.82) is 5.26 Å². The smallest absolute Gasteiger partial charge is 0.348 e. The van der Waals surface area contributed by atoms with Crippen LogP contribution in [0.15, 0.2) is 22.2 Å². The van der Waals surface area contributed by atoms with Crippen LogP contribution in [-0.2, 0) is 9.53 Å². The monoisotopic (exact) mass is 325 g/mol. The van der Waals surface area contributed by atoms with Crippen LogP contribution in [0.1, 0.15) is 5.56 Å². The number of rotatable bonds is 4. The van der Waals surface area contributed by atoms with Crippen molar-refractivity contribution in [3.63, 3.8) is 0 Å². The van der Waals surface area contributed by atoms with Crippen molar-refractivity contribution in [3.8, 4) is 17.6 Å². The maximum absolute atomic E-state index is 11.4. The Kier molecular flexibility index (Phi) is 5.39. The van der Waals surface area contributed by atoms with Crippen LogP contribution in [-0.4, -0.2) is 27.3 Å². The lowest BCUT2D eigenvalue weighted by atomic mass is 10.1. The summed E-state index contributed by atoms with van der Waals surface area (Å²) in [6, 6.07) is 5.13. The van der Waals surface area contributed by atoms with E-state index < -0.39 is 5.97 Å².